The van der Waals surface area contributed by atoms with Crippen LogP contribution in [0.5, 0.6) is 6.01 Å². The molecule has 1 aliphatic heterocycles. The molecule has 118 valence electrons. The van der Waals surface area contributed by atoms with Gasteiger partial charge in [0.1, 0.15) is 0 Å². The topological polar surface area (TPSA) is 72.4 Å². The predicted octanol–water partition coefficient (Wildman–Crippen LogP) is 1.71. The second kappa shape index (κ2) is 8.61. The molecule has 1 saturated heterocycles. The number of rotatable bonds is 8. The Balaban J connectivity index is 2.10. The van der Waals surface area contributed by atoms with Crippen molar-refractivity contribution >= 4 is 11.9 Å². The number of aromatic nitrogens is 3. The molecule has 1 aliphatic rings. The Morgan fingerprint density at radius 2 is 1.95 bits per heavy atom. The van der Waals surface area contributed by atoms with Gasteiger partial charge in [0.15, 0.2) is 0 Å². The Labute approximate surface area is 126 Å². The lowest BCUT2D eigenvalue weighted by Gasteiger charge is -2.27. The van der Waals surface area contributed by atoms with Crippen molar-refractivity contribution in [1.29, 1.82) is 0 Å². The van der Waals surface area contributed by atoms with Crippen LogP contribution in [0, 0.1) is 0 Å². The quantitative estimate of drug-likeness (QED) is 0.732. The first-order chi connectivity index (χ1) is 10.3. The van der Waals surface area contributed by atoms with Gasteiger partial charge in [0.05, 0.1) is 19.8 Å². The first-order valence-corrected chi connectivity index (χ1v) is 7.79. The molecule has 0 spiro atoms. The number of nitrogens with zero attached hydrogens (tertiary/aromatic N) is 4. The summed E-state index contributed by atoms with van der Waals surface area (Å²) in [5, 5.41) is 3.20. The number of unbranched alkanes of at least 4 members (excludes halogenated alkanes) is 1. The molecule has 1 aromatic heterocycles. The van der Waals surface area contributed by atoms with Gasteiger partial charge in [-0.25, -0.2) is 0 Å². The van der Waals surface area contributed by atoms with Gasteiger partial charge in [0.2, 0.25) is 11.9 Å². The third-order valence-electron chi connectivity index (χ3n) is 3.16. The van der Waals surface area contributed by atoms with E-state index in [1.54, 1.807) is 0 Å². The van der Waals surface area contributed by atoms with Crippen molar-refractivity contribution in [2.45, 2.75) is 33.1 Å². The minimum absolute atomic E-state index is 0.401. The zero-order valence-electron chi connectivity index (χ0n) is 13.0. The smallest absolute Gasteiger partial charge is 0.323 e. The maximum atomic E-state index is 5.64. The highest BCUT2D eigenvalue weighted by Crippen LogP contribution is 2.16. The number of anilines is 2. The molecule has 1 aromatic rings. The molecule has 0 aliphatic carbocycles. The molecule has 0 radical (unpaired) electrons. The van der Waals surface area contributed by atoms with E-state index in [0.29, 0.717) is 37.7 Å². The molecule has 0 atom stereocenters. The molecule has 1 fully saturated rings. The number of nitrogens with one attached hydrogen (secondary N) is 1. The van der Waals surface area contributed by atoms with E-state index in [1.807, 2.05) is 0 Å². The van der Waals surface area contributed by atoms with Crippen LogP contribution >= 0.6 is 0 Å². The van der Waals surface area contributed by atoms with E-state index in [9.17, 15) is 0 Å². The van der Waals surface area contributed by atoms with Gasteiger partial charge in [-0.3, -0.25) is 0 Å². The van der Waals surface area contributed by atoms with Gasteiger partial charge in [0, 0.05) is 19.6 Å². The third-order valence-corrected chi connectivity index (χ3v) is 3.16. The molecule has 0 aromatic carbocycles. The van der Waals surface area contributed by atoms with Crippen LogP contribution in [0.4, 0.5) is 11.9 Å². The predicted molar refractivity (Wildman–Crippen MR) is 82.0 cm³/mol. The summed E-state index contributed by atoms with van der Waals surface area (Å²) in [6.45, 7) is 8.71. The largest absolute Gasteiger partial charge is 0.463 e. The summed E-state index contributed by atoms with van der Waals surface area (Å²) in [5.41, 5.74) is 0. The number of morpholine rings is 1. The van der Waals surface area contributed by atoms with Gasteiger partial charge in [-0.1, -0.05) is 20.3 Å². The summed E-state index contributed by atoms with van der Waals surface area (Å²) in [6, 6.07) is 0.401. The maximum absolute atomic E-state index is 5.64. The van der Waals surface area contributed by atoms with E-state index in [0.717, 1.165) is 38.9 Å². The Bertz CT molecular complexity index is 424. The minimum Gasteiger partial charge on any atom is -0.463 e. The van der Waals surface area contributed by atoms with Crippen LogP contribution in [0.2, 0.25) is 0 Å². The van der Waals surface area contributed by atoms with Gasteiger partial charge >= 0.3 is 6.01 Å². The first kappa shape index (κ1) is 15.8. The van der Waals surface area contributed by atoms with E-state index in [4.69, 9.17) is 9.47 Å². The van der Waals surface area contributed by atoms with Gasteiger partial charge in [-0.15, -0.1) is 0 Å². The van der Waals surface area contributed by atoms with Crippen molar-refractivity contribution in [2.75, 3.05) is 49.7 Å². The van der Waals surface area contributed by atoms with E-state index in [-0.39, 0.29) is 0 Å². The second-order valence-corrected chi connectivity index (χ2v) is 4.97. The molecule has 0 amide bonds. The van der Waals surface area contributed by atoms with Gasteiger partial charge in [-0.2, -0.15) is 15.0 Å². The number of ether oxygens (including phenoxy) is 2. The van der Waals surface area contributed by atoms with Crippen LogP contribution in [0.1, 0.15) is 33.1 Å². The van der Waals surface area contributed by atoms with Crippen LogP contribution in [-0.2, 0) is 4.74 Å². The highest BCUT2D eigenvalue weighted by Gasteiger charge is 2.17. The first-order valence-electron chi connectivity index (χ1n) is 7.79. The zero-order valence-corrected chi connectivity index (χ0v) is 13.0. The fourth-order valence-corrected chi connectivity index (χ4v) is 1.94. The van der Waals surface area contributed by atoms with Crippen molar-refractivity contribution in [3.63, 3.8) is 0 Å². The molecule has 2 rings (SSSR count). The monoisotopic (exact) mass is 295 g/mol. The molecule has 0 bridgehead atoms. The van der Waals surface area contributed by atoms with Crippen LogP contribution in [0.15, 0.2) is 0 Å². The number of hydrogen-bond acceptors (Lipinski definition) is 7. The second-order valence-electron chi connectivity index (χ2n) is 4.97. The van der Waals surface area contributed by atoms with E-state index < -0.39 is 0 Å². The van der Waals surface area contributed by atoms with Crippen LogP contribution in [-0.4, -0.2) is 54.4 Å². The molecule has 7 nitrogen and oxygen atoms in total. The summed E-state index contributed by atoms with van der Waals surface area (Å²) in [4.78, 5) is 15.3. The molecular weight excluding hydrogens is 270 g/mol. The average Bonchev–Trinajstić information content (AvgIpc) is 2.54. The number of hydrogen-bond donors (Lipinski definition) is 1. The fraction of sp³-hybridized carbons (Fsp3) is 0.786. The Morgan fingerprint density at radius 1 is 1.14 bits per heavy atom. The third kappa shape index (κ3) is 5.00. The Hall–Kier alpha value is -1.63. The molecular formula is C14H25N5O2. The molecule has 21 heavy (non-hydrogen) atoms. The lowest BCUT2D eigenvalue weighted by atomic mass is 10.4. The van der Waals surface area contributed by atoms with Crippen LogP contribution < -0.4 is 15.0 Å². The summed E-state index contributed by atoms with van der Waals surface area (Å²) in [5.74, 6) is 1.25. The van der Waals surface area contributed by atoms with E-state index >= 15 is 0 Å². The maximum Gasteiger partial charge on any atom is 0.323 e. The summed E-state index contributed by atoms with van der Waals surface area (Å²) < 4.78 is 11.0. The van der Waals surface area contributed by atoms with Gasteiger partial charge in [0.25, 0.3) is 0 Å². The van der Waals surface area contributed by atoms with Crippen molar-refractivity contribution in [3.8, 4) is 6.01 Å². The van der Waals surface area contributed by atoms with Crippen molar-refractivity contribution in [1.82, 2.24) is 15.0 Å². The van der Waals surface area contributed by atoms with Crippen LogP contribution in [0.3, 0.4) is 0 Å². The molecule has 0 saturated carbocycles. The Morgan fingerprint density at radius 3 is 2.67 bits per heavy atom. The standard InChI is InChI=1S/C14H25N5O2/c1-3-5-9-21-14-17-12(15-6-4-2)16-13(18-14)19-7-10-20-11-8-19/h3-11H2,1-2H3,(H,15,16,17,18). The lowest BCUT2D eigenvalue weighted by molar-refractivity contribution is 0.122. The fourth-order valence-electron chi connectivity index (χ4n) is 1.94. The van der Waals surface area contributed by atoms with Gasteiger partial charge < -0.3 is 19.7 Å². The van der Waals surface area contributed by atoms with E-state index in [2.05, 4.69) is 39.0 Å². The van der Waals surface area contributed by atoms with Gasteiger partial charge in [-0.05, 0) is 12.8 Å². The SMILES string of the molecule is CCCCOc1nc(NCCC)nc(N2CCOCC2)n1. The van der Waals surface area contributed by atoms with Crippen molar-refractivity contribution in [3.05, 3.63) is 0 Å². The highest BCUT2D eigenvalue weighted by atomic mass is 16.5. The molecule has 0 unspecified atom stereocenters. The average molecular weight is 295 g/mol. The van der Waals surface area contributed by atoms with Crippen molar-refractivity contribution in [2.24, 2.45) is 0 Å². The lowest BCUT2D eigenvalue weighted by Crippen LogP contribution is -2.37. The minimum atomic E-state index is 0.401. The van der Waals surface area contributed by atoms with Crippen molar-refractivity contribution < 1.29 is 9.47 Å². The summed E-state index contributed by atoms with van der Waals surface area (Å²) in [6.07, 6.45) is 3.10. The van der Waals surface area contributed by atoms with Crippen LogP contribution in [0.25, 0.3) is 0 Å². The highest BCUT2D eigenvalue weighted by molar-refractivity contribution is 5.38. The normalized spacial score (nSPS) is 15.0. The zero-order chi connectivity index (χ0) is 14.9. The molecule has 7 heteroatoms. The molecule has 1 N–H and O–H groups in total. The summed E-state index contributed by atoms with van der Waals surface area (Å²) in [7, 11) is 0. The Kier molecular flexibility index (Phi) is 6.46. The van der Waals surface area contributed by atoms with E-state index in [1.165, 1.54) is 0 Å². The molecule has 2 heterocycles. The summed E-state index contributed by atoms with van der Waals surface area (Å²) >= 11 is 0.